The van der Waals surface area contributed by atoms with Gasteiger partial charge in [-0.25, -0.2) is 4.39 Å². The molecule has 134 valence electrons. The maximum Gasteiger partial charge on any atom is 0.221 e. The zero-order valence-electron chi connectivity index (χ0n) is 14.8. The van der Waals surface area contributed by atoms with Gasteiger partial charge in [-0.1, -0.05) is 0 Å². The maximum atomic E-state index is 15.1. The van der Waals surface area contributed by atoms with Crippen molar-refractivity contribution >= 4 is 22.5 Å². The number of aryl methyl sites for hydroxylation is 2. The van der Waals surface area contributed by atoms with Crippen LogP contribution in [-0.4, -0.2) is 36.6 Å². The summed E-state index contributed by atoms with van der Waals surface area (Å²) in [5, 5.41) is 4.47. The van der Waals surface area contributed by atoms with E-state index in [4.69, 9.17) is 5.73 Å². The third-order valence-corrected chi connectivity index (χ3v) is 5.87. The highest BCUT2D eigenvalue weighted by Crippen LogP contribution is 2.39. The summed E-state index contributed by atoms with van der Waals surface area (Å²) in [5.41, 5.74) is 9.54. The highest BCUT2D eigenvalue weighted by molar-refractivity contribution is 6.00. The summed E-state index contributed by atoms with van der Waals surface area (Å²) in [7, 11) is 0. The molecule has 2 saturated heterocycles. The van der Waals surface area contributed by atoms with Crippen LogP contribution in [0.25, 0.3) is 10.9 Å². The van der Waals surface area contributed by atoms with Crippen molar-refractivity contribution in [2.75, 3.05) is 24.5 Å². The van der Waals surface area contributed by atoms with Crippen LogP contribution in [0.1, 0.15) is 29.7 Å². The smallest absolute Gasteiger partial charge is 0.221 e. The Morgan fingerprint density at radius 3 is 2.92 bits per heavy atom. The normalized spacial score (nSPS) is 23.2. The number of H-pyrrole nitrogens is 1. The summed E-state index contributed by atoms with van der Waals surface area (Å²) < 4.78 is 15.1. The van der Waals surface area contributed by atoms with Crippen LogP contribution in [0.3, 0.4) is 0 Å². The molecule has 2 fully saturated rings. The molecule has 1 aromatic carbocycles. The largest absolute Gasteiger partial charge is 0.369 e. The van der Waals surface area contributed by atoms with E-state index in [0.717, 1.165) is 41.8 Å². The first-order valence-corrected chi connectivity index (χ1v) is 9.02. The molecular formula is C19H25FN4O. The van der Waals surface area contributed by atoms with E-state index in [1.54, 1.807) is 0 Å². The van der Waals surface area contributed by atoms with E-state index in [2.05, 4.69) is 15.2 Å². The minimum Gasteiger partial charge on any atom is -0.369 e. The Morgan fingerprint density at radius 1 is 1.40 bits per heavy atom. The van der Waals surface area contributed by atoms with Gasteiger partial charge < -0.3 is 20.9 Å². The lowest BCUT2D eigenvalue weighted by Crippen LogP contribution is -2.40. The number of nitrogens with two attached hydrogens (primary N) is 1. The lowest BCUT2D eigenvalue weighted by Gasteiger charge is -2.24. The Kier molecular flexibility index (Phi) is 3.95. The lowest BCUT2D eigenvalue weighted by atomic mass is 9.94. The van der Waals surface area contributed by atoms with Crippen LogP contribution in [0.5, 0.6) is 0 Å². The van der Waals surface area contributed by atoms with Crippen LogP contribution in [0.2, 0.25) is 0 Å². The predicted octanol–water partition coefficient (Wildman–Crippen LogP) is 2.14. The van der Waals surface area contributed by atoms with Gasteiger partial charge in [0.15, 0.2) is 0 Å². The molecule has 0 radical (unpaired) electrons. The van der Waals surface area contributed by atoms with Crippen molar-refractivity contribution < 1.29 is 9.18 Å². The second-order valence-corrected chi connectivity index (χ2v) is 7.50. The molecule has 0 spiro atoms. The van der Waals surface area contributed by atoms with E-state index in [0.29, 0.717) is 23.2 Å². The number of hydrogen-bond donors (Lipinski definition) is 3. The number of nitrogens with zero attached hydrogens (tertiary/aromatic N) is 1. The minimum absolute atomic E-state index is 0.0416. The molecule has 1 aromatic heterocycles. The number of amides is 1. The van der Waals surface area contributed by atoms with Gasteiger partial charge in [0.05, 0.1) is 17.6 Å². The van der Waals surface area contributed by atoms with Crippen LogP contribution in [0, 0.1) is 25.6 Å². The number of hydrogen-bond acceptors (Lipinski definition) is 3. The summed E-state index contributed by atoms with van der Waals surface area (Å²) in [4.78, 5) is 16.9. The van der Waals surface area contributed by atoms with Gasteiger partial charge in [0, 0.05) is 30.2 Å². The van der Waals surface area contributed by atoms with Gasteiger partial charge in [-0.15, -0.1) is 0 Å². The zero-order valence-corrected chi connectivity index (χ0v) is 14.8. The molecule has 0 saturated carbocycles. The first-order valence-electron chi connectivity index (χ1n) is 9.02. The average molecular weight is 344 g/mol. The number of carbonyl (C=O) groups is 1. The van der Waals surface area contributed by atoms with Crippen LogP contribution in [0.4, 0.5) is 10.1 Å². The molecular weight excluding hydrogens is 319 g/mol. The summed E-state index contributed by atoms with van der Waals surface area (Å²) in [6.07, 6.45) is 2.43. The van der Waals surface area contributed by atoms with Gasteiger partial charge in [0.1, 0.15) is 5.82 Å². The Balaban J connectivity index is 1.84. The molecule has 2 aromatic rings. The molecule has 2 unspecified atom stereocenters. The predicted molar refractivity (Wildman–Crippen MR) is 97.4 cm³/mol. The quantitative estimate of drug-likeness (QED) is 0.799. The SMILES string of the molecule is Cc1[nH]c2c(CC(N)=O)cc(F)c(N3CC4CCCNC4C3)c2c1C. The van der Waals surface area contributed by atoms with Crippen molar-refractivity contribution in [3.8, 4) is 0 Å². The highest BCUT2D eigenvalue weighted by atomic mass is 19.1. The molecule has 25 heavy (non-hydrogen) atoms. The van der Waals surface area contributed by atoms with Crippen LogP contribution < -0.4 is 16.0 Å². The second kappa shape index (κ2) is 6.02. The monoisotopic (exact) mass is 344 g/mol. The number of rotatable bonds is 3. The number of piperidine rings is 1. The van der Waals surface area contributed by atoms with Crippen molar-refractivity contribution in [2.24, 2.45) is 11.7 Å². The standard InChI is InChI=1S/C19H25FN4O/c1-10-11(2)23-18-13(7-16(21)25)6-14(20)19(17(10)18)24-8-12-4-3-5-22-15(12)9-24/h6,12,15,22-23H,3-5,7-9H2,1-2H3,(H2,21,25). The molecule has 4 rings (SSSR count). The van der Waals surface area contributed by atoms with E-state index in [1.807, 2.05) is 13.8 Å². The molecule has 2 aliphatic heterocycles. The molecule has 4 N–H and O–H groups in total. The van der Waals surface area contributed by atoms with E-state index < -0.39 is 5.91 Å². The third kappa shape index (κ3) is 2.68. The van der Waals surface area contributed by atoms with Crippen LogP contribution in [-0.2, 0) is 11.2 Å². The molecule has 0 bridgehead atoms. The number of fused-ring (bicyclic) bond motifs is 2. The van der Waals surface area contributed by atoms with Gasteiger partial charge in [-0.05, 0) is 56.3 Å². The summed E-state index contributed by atoms with van der Waals surface area (Å²) >= 11 is 0. The van der Waals surface area contributed by atoms with Crippen LogP contribution >= 0.6 is 0 Å². The summed E-state index contributed by atoms with van der Waals surface area (Å²) in [6.45, 7) is 6.74. The summed E-state index contributed by atoms with van der Waals surface area (Å²) in [5.74, 6) is -0.131. The van der Waals surface area contributed by atoms with E-state index >= 15 is 4.39 Å². The molecule has 0 aliphatic carbocycles. The summed E-state index contributed by atoms with van der Waals surface area (Å²) in [6, 6.07) is 1.92. The fourth-order valence-electron chi connectivity index (χ4n) is 4.53. The van der Waals surface area contributed by atoms with Gasteiger partial charge in [0.2, 0.25) is 5.91 Å². The Labute approximate surface area is 146 Å². The minimum atomic E-state index is -0.449. The number of anilines is 1. The number of benzene rings is 1. The third-order valence-electron chi connectivity index (χ3n) is 5.87. The molecule has 3 heterocycles. The second-order valence-electron chi connectivity index (χ2n) is 7.50. The molecule has 6 heteroatoms. The lowest BCUT2D eigenvalue weighted by molar-refractivity contribution is -0.117. The Hall–Kier alpha value is -2.08. The van der Waals surface area contributed by atoms with Gasteiger partial charge in [-0.3, -0.25) is 4.79 Å². The first-order chi connectivity index (χ1) is 12.0. The first kappa shape index (κ1) is 16.4. The van der Waals surface area contributed by atoms with Crippen molar-refractivity contribution in [2.45, 2.75) is 39.2 Å². The van der Waals surface area contributed by atoms with Crippen LogP contribution in [0.15, 0.2) is 6.07 Å². The fourth-order valence-corrected chi connectivity index (χ4v) is 4.53. The number of halogens is 1. The Bertz CT molecular complexity index is 830. The van der Waals surface area contributed by atoms with Crippen molar-refractivity contribution in [3.63, 3.8) is 0 Å². The number of primary amides is 1. The van der Waals surface area contributed by atoms with Gasteiger partial charge in [-0.2, -0.15) is 0 Å². The van der Waals surface area contributed by atoms with Gasteiger partial charge >= 0.3 is 0 Å². The molecule has 2 atom stereocenters. The molecule has 5 nitrogen and oxygen atoms in total. The number of nitrogens with one attached hydrogen (secondary N) is 2. The van der Waals surface area contributed by atoms with E-state index in [1.165, 1.54) is 18.9 Å². The maximum absolute atomic E-state index is 15.1. The van der Waals surface area contributed by atoms with Crippen molar-refractivity contribution in [3.05, 3.63) is 28.7 Å². The van der Waals surface area contributed by atoms with Gasteiger partial charge in [0.25, 0.3) is 0 Å². The number of aromatic amines is 1. The van der Waals surface area contributed by atoms with E-state index in [-0.39, 0.29) is 12.2 Å². The van der Waals surface area contributed by atoms with E-state index in [9.17, 15) is 4.79 Å². The molecule has 1 amide bonds. The van der Waals surface area contributed by atoms with Crippen molar-refractivity contribution in [1.82, 2.24) is 10.3 Å². The fraction of sp³-hybridized carbons (Fsp3) is 0.526. The topological polar surface area (TPSA) is 74.2 Å². The zero-order chi connectivity index (χ0) is 17.7. The average Bonchev–Trinajstić information content (AvgIpc) is 3.10. The highest BCUT2D eigenvalue weighted by Gasteiger charge is 2.36. The number of aromatic nitrogens is 1. The van der Waals surface area contributed by atoms with Crippen molar-refractivity contribution in [1.29, 1.82) is 0 Å². The number of carbonyl (C=O) groups excluding carboxylic acids is 1. The molecule has 2 aliphatic rings. The Morgan fingerprint density at radius 2 is 2.20 bits per heavy atom.